The molecular weight excluding hydrogens is 711 g/mol. The third-order valence-corrected chi connectivity index (χ3v) is 16.4. The highest BCUT2D eigenvalue weighted by molar-refractivity contribution is 5.91. The van der Waals surface area contributed by atoms with Gasteiger partial charge in [0.25, 0.3) is 0 Å². The summed E-state index contributed by atoms with van der Waals surface area (Å²) in [5.74, 6) is 3.28. The Bertz CT molecular complexity index is 2680. The molecule has 0 radical (unpaired) electrons. The number of benzene rings is 7. The van der Waals surface area contributed by atoms with E-state index in [-0.39, 0.29) is 10.8 Å². The van der Waals surface area contributed by atoms with Gasteiger partial charge in [0, 0.05) is 27.9 Å². The van der Waals surface area contributed by atoms with Crippen LogP contribution >= 0.6 is 0 Å². The summed E-state index contributed by atoms with van der Waals surface area (Å²) in [6, 6.07) is 63.4. The second-order valence-electron chi connectivity index (χ2n) is 19.2. The summed E-state index contributed by atoms with van der Waals surface area (Å²) in [6.07, 6.45) is 13.4. The average Bonchev–Trinajstić information content (AvgIpc) is 3.73. The smallest absolute Gasteiger partial charge is 0.0473 e. The summed E-state index contributed by atoms with van der Waals surface area (Å²) < 4.78 is 0. The zero-order valence-corrected chi connectivity index (χ0v) is 33.9. The third kappa shape index (κ3) is 4.91. The average molecular weight is 762 g/mol. The molecular formula is C58H51N. The lowest BCUT2D eigenvalue weighted by Crippen LogP contribution is -2.55. The fourth-order valence-corrected chi connectivity index (χ4v) is 14.3. The first-order chi connectivity index (χ1) is 29.2. The molecule has 59 heavy (non-hydrogen) atoms. The van der Waals surface area contributed by atoms with E-state index in [0.29, 0.717) is 0 Å². The molecule has 1 heteroatoms. The summed E-state index contributed by atoms with van der Waals surface area (Å²) in [7, 11) is 0. The van der Waals surface area contributed by atoms with Crippen LogP contribution in [-0.4, -0.2) is 0 Å². The highest BCUT2D eigenvalue weighted by atomic mass is 15.1. The highest BCUT2D eigenvalue weighted by Crippen LogP contribution is 2.70. The normalized spacial score (nSPS) is 24.8. The molecule has 1 nitrogen and oxygen atoms in total. The minimum absolute atomic E-state index is 0.0803. The van der Waals surface area contributed by atoms with Crippen molar-refractivity contribution in [3.63, 3.8) is 0 Å². The molecule has 0 unspecified atom stereocenters. The largest absolute Gasteiger partial charge is 0.310 e. The fourth-order valence-electron chi connectivity index (χ4n) is 14.3. The van der Waals surface area contributed by atoms with E-state index in [9.17, 15) is 0 Å². The third-order valence-electron chi connectivity index (χ3n) is 16.4. The van der Waals surface area contributed by atoms with Gasteiger partial charge in [-0.05, 0) is 178 Å². The summed E-state index contributed by atoms with van der Waals surface area (Å²) in [4.78, 5) is 2.64. The fraction of sp³-hybridized carbons (Fsp3) is 0.276. The number of nitrogens with zero attached hydrogens (tertiary/aromatic N) is 1. The Balaban J connectivity index is 1.06. The zero-order chi connectivity index (χ0) is 38.7. The van der Waals surface area contributed by atoms with Crippen molar-refractivity contribution >= 4 is 17.1 Å². The first-order valence-electron chi connectivity index (χ1n) is 22.7. The van der Waals surface area contributed by atoms with Crippen molar-refractivity contribution < 1.29 is 0 Å². The molecule has 7 aromatic carbocycles. The molecule has 288 valence electrons. The molecule has 7 aromatic rings. The Labute approximate surface area is 349 Å². The van der Waals surface area contributed by atoms with E-state index in [1.54, 1.807) is 16.7 Å². The summed E-state index contributed by atoms with van der Waals surface area (Å²) in [5, 5.41) is 0. The number of hydrogen-bond acceptors (Lipinski definition) is 1. The number of fused-ring (bicyclic) bond motifs is 8. The summed E-state index contributed by atoms with van der Waals surface area (Å²) in [5.41, 5.74) is 21.1. The molecule has 0 atom stereocenters. The van der Waals surface area contributed by atoms with E-state index in [0.717, 1.165) is 23.7 Å². The monoisotopic (exact) mass is 761 g/mol. The van der Waals surface area contributed by atoms with Gasteiger partial charge in [0.2, 0.25) is 0 Å². The number of hydrogen-bond donors (Lipinski definition) is 0. The predicted octanol–water partition coefficient (Wildman–Crippen LogP) is 15.4. The predicted molar refractivity (Wildman–Crippen MR) is 245 cm³/mol. The lowest BCUT2D eigenvalue weighted by atomic mass is 9.43. The van der Waals surface area contributed by atoms with Crippen LogP contribution in [-0.2, 0) is 10.8 Å². The minimum Gasteiger partial charge on any atom is -0.310 e. The van der Waals surface area contributed by atoms with Gasteiger partial charge in [0.05, 0.1) is 0 Å². The lowest BCUT2D eigenvalue weighted by Gasteiger charge is -2.61. The molecule has 4 bridgehead atoms. The SMILES string of the molecule is c1ccc(-c2cc(-c3ccccc3)cc(N(c3ccc4c(c3)C3(CCCCC3)c3ccccc3-4)c3ccc4c(c3)C3(c5ccccc5-4)C4CC5CC(C4)CC3C5)c2)cc1. The topological polar surface area (TPSA) is 3.24 Å². The van der Waals surface area contributed by atoms with E-state index in [1.807, 2.05) is 0 Å². The quantitative estimate of drug-likeness (QED) is 0.169. The molecule has 5 saturated carbocycles. The molecule has 0 aromatic heterocycles. The van der Waals surface area contributed by atoms with Gasteiger partial charge in [-0.1, -0.05) is 141 Å². The van der Waals surface area contributed by atoms with Crippen LogP contribution in [0.4, 0.5) is 17.1 Å². The van der Waals surface area contributed by atoms with Crippen LogP contribution in [0, 0.1) is 23.7 Å². The van der Waals surface area contributed by atoms with Crippen LogP contribution in [0.1, 0.15) is 86.5 Å². The van der Waals surface area contributed by atoms with Crippen molar-refractivity contribution in [2.45, 2.75) is 75.0 Å². The van der Waals surface area contributed by atoms with Crippen molar-refractivity contribution in [2.24, 2.45) is 23.7 Å². The molecule has 0 N–H and O–H groups in total. The van der Waals surface area contributed by atoms with Gasteiger partial charge >= 0.3 is 0 Å². The number of anilines is 3. The molecule has 7 aliphatic rings. The first kappa shape index (κ1) is 34.2. The second kappa shape index (κ2) is 12.9. The summed E-state index contributed by atoms with van der Waals surface area (Å²) in [6.45, 7) is 0. The maximum atomic E-state index is 2.69. The van der Waals surface area contributed by atoms with Crippen molar-refractivity contribution in [3.05, 3.63) is 186 Å². The van der Waals surface area contributed by atoms with Crippen molar-refractivity contribution in [2.75, 3.05) is 4.90 Å². The van der Waals surface area contributed by atoms with Gasteiger partial charge in [0.1, 0.15) is 0 Å². The summed E-state index contributed by atoms with van der Waals surface area (Å²) >= 11 is 0. The van der Waals surface area contributed by atoms with Crippen LogP contribution in [0.25, 0.3) is 44.5 Å². The molecule has 0 aliphatic heterocycles. The van der Waals surface area contributed by atoms with Crippen LogP contribution in [0.5, 0.6) is 0 Å². The second-order valence-corrected chi connectivity index (χ2v) is 19.2. The molecule has 7 aliphatic carbocycles. The Morgan fingerprint density at radius 1 is 0.356 bits per heavy atom. The standard InChI is InChI=1S/C58H51N/c1-4-14-40(15-5-1)42-33-43(41-16-6-2-7-17-41)35-48(34-42)59(46-22-24-51-49-18-8-10-20-53(49)57(55(51)36-46)26-12-3-13-27-57)47-23-25-52-50-19-9-11-21-54(50)58(56(52)37-47)44-29-38-28-39(31-44)32-45(58)30-38/h1-2,4-11,14-25,33-39,44-45H,3,12-13,26-32H2. The number of rotatable bonds is 5. The van der Waals surface area contributed by atoms with Crippen LogP contribution < -0.4 is 4.90 Å². The molecule has 0 saturated heterocycles. The Hall–Kier alpha value is -5.66. The van der Waals surface area contributed by atoms with Crippen molar-refractivity contribution in [1.29, 1.82) is 0 Å². The molecule has 0 amide bonds. The highest BCUT2D eigenvalue weighted by Gasteiger charge is 2.61. The van der Waals surface area contributed by atoms with Gasteiger partial charge in [-0.3, -0.25) is 0 Å². The lowest BCUT2D eigenvalue weighted by molar-refractivity contribution is -0.0399. The zero-order valence-electron chi connectivity index (χ0n) is 33.9. The van der Waals surface area contributed by atoms with Crippen LogP contribution in [0.3, 0.4) is 0 Å². The van der Waals surface area contributed by atoms with E-state index >= 15 is 0 Å². The van der Waals surface area contributed by atoms with E-state index < -0.39 is 0 Å². The van der Waals surface area contributed by atoms with E-state index in [1.165, 1.54) is 131 Å². The Kier molecular flexibility index (Phi) is 7.49. The first-order valence-corrected chi connectivity index (χ1v) is 22.7. The van der Waals surface area contributed by atoms with Gasteiger partial charge in [-0.2, -0.15) is 0 Å². The molecule has 0 heterocycles. The molecule has 14 rings (SSSR count). The van der Waals surface area contributed by atoms with Crippen molar-refractivity contribution in [1.82, 2.24) is 0 Å². The van der Waals surface area contributed by atoms with Crippen molar-refractivity contribution in [3.8, 4) is 44.5 Å². The maximum absolute atomic E-state index is 2.69. The van der Waals surface area contributed by atoms with E-state index in [2.05, 4.69) is 169 Å². The van der Waals surface area contributed by atoms with Gasteiger partial charge in [-0.15, -0.1) is 0 Å². The van der Waals surface area contributed by atoms with Crippen LogP contribution in [0.2, 0.25) is 0 Å². The minimum atomic E-state index is 0.0803. The van der Waals surface area contributed by atoms with Crippen LogP contribution in [0.15, 0.2) is 164 Å². The van der Waals surface area contributed by atoms with Gasteiger partial charge in [0.15, 0.2) is 0 Å². The van der Waals surface area contributed by atoms with E-state index in [4.69, 9.17) is 0 Å². The Morgan fingerprint density at radius 3 is 1.46 bits per heavy atom. The molecule has 2 spiro atoms. The van der Waals surface area contributed by atoms with Gasteiger partial charge in [-0.25, -0.2) is 0 Å². The maximum Gasteiger partial charge on any atom is 0.0473 e. The molecule has 5 fully saturated rings. The Morgan fingerprint density at radius 2 is 0.847 bits per heavy atom. The van der Waals surface area contributed by atoms with Gasteiger partial charge < -0.3 is 4.90 Å².